The van der Waals surface area contributed by atoms with E-state index >= 15 is 0 Å². The molecule has 0 aromatic rings. The first-order valence-electron chi connectivity index (χ1n) is 2.81. The highest BCUT2D eigenvalue weighted by Crippen LogP contribution is 2.28. The van der Waals surface area contributed by atoms with E-state index in [0.29, 0.717) is 0 Å². The second kappa shape index (κ2) is 2.33. The van der Waals surface area contributed by atoms with Crippen molar-refractivity contribution in [3.63, 3.8) is 0 Å². The smallest absolute Gasteiger partial charge is 0.231 e. The van der Waals surface area contributed by atoms with Crippen molar-refractivity contribution in [1.82, 2.24) is 0 Å². The molecule has 0 aliphatic heterocycles. The zero-order valence-electron chi connectivity index (χ0n) is 4.96. The summed E-state index contributed by atoms with van der Waals surface area (Å²) in [5.41, 5.74) is 1.12. The van der Waals surface area contributed by atoms with Crippen molar-refractivity contribution < 1.29 is 0 Å². The van der Waals surface area contributed by atoms with Crippen LogP contribution >= 0.6 is 0 Å². The van der Waals surface area contributed by atoms with Gasteiger partial charge in [0.2, 0.25) is 6.04 Å². The van der Waals surface area contributed by atoms with Gasteiger partial charge in [-0.3, -0.25) is 0 Å². The fourth-order valence-corrected chi connectivity index (χ4v) is 0.846. The standard InChI is InChI=1S/C7H6N2/c1-9-7-4-6(5-7)2-3-8/h2,7H,4-5H2. The molecule has 1 aliphatic rings. The van der Waals surface area contributed by atoms with Gasteiger partial charge in [0.15, 0.2) is 0 Å². The minimum atomic E-state index is 0.171. The van der Waals surface area contributed by atoms with Crippen molar-refractivity contribution in [2.24, 2.45) is 0 Å². The largest absolute Gasteiger partial charge is 0.313 e. The summed E-state index contributed by atoms with van der Waals surface area (Å²) < 4.78 is 0. The van der Waals surface area contributed by atoms with E-state index in [-0.39, 0.29) is 6.04 Å². The van der Waals surface area contributed by atoms with Gasteiger partial charge in [0.1, 0.15) is 0 Å². The van der Waals surface area contributed by atoms with Crippen molar-refractivity contribution >= 4 is 0 Å². The molecule has 0 saturated heterocycles. The van der Waals surface area contributed by atoms with Crippen molar-refractivity contribution in [2.45, 2.75) is 18.9 Å². The van der Waals surface area contributed by atoms with Gasteiger partial charge in [-0.05, 0) is 5.57 Å². The molecule has 0 radical (unpaired) electrons. The number of allylic oxidation sites excluding steroid dienone is 1. The predicted molar refractivity (Wildman–Crippen MR) is 33.3 cm³/mol. The van der Waals surface area contributed by atoms with Crippen LogP contribution in [0.1, 0.15) is 12.8 Å². The lowest BCUT2D eigenvalue weighted by molar-refractivity contribution is 0.614. The molecule has 0 bridgehead atoms. The number of nitrogens with zero attached hydrogens (tertiary/aromatic N) is 2. The summed E-state index contributed by atoms with van der Waals surface area (Å²) in [5.74, 6) is 0. The Kier molecular flexibility index (Phi) is 1.51. The van der Waals surface area contributed by atoms with Crippen LogP contribution in [-0.4, -0.2) is 6.04 Å². The normalized spacial score (nSPS) is 23.3. The zero-order chi connectivity index (χ0) is 6.69. The van der Waals surface area contributed by atoms with Gasteiger partial charge < -0.3 is 4.85 Å². The number of rotatable bonds is 0. The molecular formula is C7H6N2. The molecule has 0 aromatic carbocycles. The summed E-state index contributed by atoms with van der Waals surface area (Å²) >= 11 is 0. The molecule has 0 heterocycles. The summed E-state index contributed by atoms with van der Waals surface area (Å²) in [6, 6.07) is 2.12. The Morgan fingerprint density at radius 1 is 1.78 bits per heavy atom. The number of nitriles is 1. The molecule has 1 saturated carbocycles. The fraction of sp³-hybridized carbons (Fsp3) is 0.429. The van der Waals surface area contributed by atoms with Crippen LogP contribution < -0.4 is 0 Å². The highest BCUT2D eigenvalue weighted by atomic mass is 14.7. The topological polar surface area (TPSA) is 28.1 Å². The molecule has 1 rings (SSSR count). The molecule has 0 spiro atoms. The summed E-state index contributed by atoms with van der Waals surface area (Å²) in [4.78, 5) is 3.33. The number of hydrogen-bond donors (Lipinski definition) is 0. The lowest BCUT2D eigenvalue weighted by Gasteiger charge is -2.16. The maximum absolute atomic E-state index is 8.16. The van der Waals surface area contributed by atoms with Gasteiger partial charge in [0.05, 0.1) is 6.07 Å². The minimum absolute atomic E-state index is 0.171. The molecule has 0 atom stereocenters. The Morgan fingerprint density at radius 2 is 2.44 bits per heavy atom. The average molecular weight is 118 g/mol. The van der Waals surface area contributed by atoms with Gasteiger partial charge in [-0.25, -0.2) is 6.57 Å². The Bertz CT molecular complexity index is 206. The molecule has 0 N–H and O–H groups in total. The molecular weight excluding hydrogens is 112 g/mol. The second-order valence-corrected chi connectivity index (χ2v) is 2.12. The van der Waals surface area contributed by atoms with E-state index in [0.717, 1.165) is 18.4 Å². The molecule has 1 aliphatic carbocycles. The van der Waals surface area contributed by atoms with E-state index in [2.05, 4.69) is 4.85 Å². The Hall–Kier alpha value is -1.28. The SMILES string of the molecule is [C-]#[N+]C1CC(=CC#N)C1. The van der Waals surface area contributed by atoms with Crippen molar-refractivity contribution in [3.8, 4) is 6.07 Å². The van der Waals surface area contributed by atoms with Crippen molar-refractivity contribution in [1.29, 1.82) is 5.26 Å². The van der Waals surface area contributed by atoms with Gasteiger partial charge in [0.25, 0.3) is 0 Å². The van der Waals surface area contributed by atoms with Crippen LogP contribution in [0, 0.1) is 17.9 Å². The third-order valence-corrected chi connectivity index (χ3v) is 1.45. The van der Waals surface area contributed by atoms with Crippen LogP contribution in [0.2, 0.25) is 0 Å². The summed E-state index contributed by atoms with van der Waals surface area (Å²) in [5, 5.41) is 8.16. The van der Waals surface area contributed by atoms with Crippen LogP contribution in [0.3, 0.4) is 0 Å². The lowest BCUT2D eigenvalue weighted by Crippen LogP contribution is -2.16. The maximum atomic E-state index is 8.16. The lowest BCUT2D eigenvalue weighted by atomic mass is 9.87. The maximum Gasteiger partial charge on any atom is 0.231 e. The van der Waals surface area contributed by atoms with Gasteiger partial charge in [0, 0.05) is 18.9 Å². The summed E-state index contributed by atoms with van der Waals surface area (Å²) in [7, 11) is 0. The van der Waals surface area contributed by atoms with E-state index in [1.165, 1.54) is 0 Å². The Labute approximate surface area is 54.2 Å². The third kappa shape index (κ3) is 1.09. The zero-order valence-corrected chi connectivity index (χ0v) is 4.96. The van der Waals surface area contributed by atoms with Gasteiger partial charge in [-0.1, -0.05) is 0 Å². The van der Waals surface area contributed by atoms with Crippen LogP contribution in [-0.2, 0) is 0 Å². The highest BCUT2D eigenvalue weighted by molar-refractivity contribution is 5.24. The first-order valence-corrected chi connectivity index (χ1v) is 2.81. The van der Waals surface area contributed by atoms with Crippen molar-refractivity contribution in [2.75, 3.05) is 0 Å². The van der Waals surface area contributed by atoms with Crippen LogP contribution in [0.4, 0.5) is 0 Å². The molecule has 0 amide bonds. The Balaban J connectivity index is 2.39. The minimum Gasteiger partial charge on any atom is -0.313 e. The van der Waals surface area contributed by atoms with Crippen LogP contribution in [0.5, 0.6) is 0 Å². The van der Waals surface area contributed by atoms with E-state index in [9.17, 15) is 0 Å². The molecule has 2 heteroatoms. The predicted octanol–water partition coefficient (Wildman–Crippen LogP) is 1.52. The van der Waals surface area contributed by atoms with E-state index in [1.54, 1.807) is 6.08 Å². The molecule has 0 aromatic heterocycles. The first kappa shape index (κ1) is 5.85. The van der Waals surface area contributed by atoms with Gasteiger partial charge >= 0.3 is 0 Å². The summed E-state index contributed by atoms with van der Waals surface area (Å²) in [6.45, 7) is 6.60. The second-order valence-electron chi connectivity index (χ2n) is 2.12. The molecule has 2 nitrogen and oxygen atoms in total. The van der Waals surface area contributed by atoms with Crippen LogP contribution in [0.15, 0.2) is 11.6 Å². The van der Waals surface area contributed by atoms with Crippen molar-refractivity contribution in [3.05, 3.63) is 23.1 Å². The summed E-state index contributed by atoms with van der Waals surface area (Å²) in [6.07, 6.45) is 3.18. The molecule has 0 unspecified atom stereocenters. The third-order valence-electron chi connectivity index (χ3n) is 1.45. The van der Waals surface area contributed by atoms with Gasteiger partial charge in [-0.2, -0.15) is 5.26 Å². The van der Waals surface area contributed by atoms with E-state index < -0.39 is 0 Å². The average Bonchev–Trinajstić information content (AvgIpc) is 1.77. The number of hydrogen-bond acceptors (Lipinski definition) is 1. The van der Waals surface area contributed by atoms with Gasteiger partial charge in [-0.15, -0.1) is 0 Å². The monoisotopic (exact) mass is 118 g/mol. The highest BCUT2D eigenvalue weighted by Gasteiger charge is 2.27. The fourth-order valence-electron chi connectivity index (χ4n) is 0.846. The van der Waals surface area contributed by atoms with Crippen LogP contribution in [0.25, 0.3) is 4.85 Å². The molecule has 1 fully saturated rings. The first-order chi connectivity index (χ1) is 4.36. The Morgan fingerprint density at radius 3 is 2.89 bits per heavy atom. The van der Waals surface area contributed by atoms with E-state index in [4.69, 9.17) is 11.8 Å². The molecule has 44 valence electrons. The quantitative estimate of drug-likeness (QED) is 0.350. The van der Waals surface area contributed by atoms with E-state index in [1.807, 2.05) is 6.07 Å². The molecule has 9 heavy (non-hydrogen) atoms.